The number of anilines is 1. The van der Waals surface area contributed by atoms with Gasteiger partial charge >= 0.3 is 5.97 Å². The van der Waals surface area contributed by atoms with Gasteiger partial charge in [0.05, 0.1) is 29.5 Å². The van der Waals surface area contributed by atoms with Gasteiger partial charge in [-0.15, -0.1) is 0 Å². The fourth-order valence-electron chi connectivity index (χ4n) is 3.84. The third kappa shape index (κ3) is 4.17. The molecule has 1 aromatic heterocycles. The Bertz CT molecular complexity index is 1240. The van der Waals surface area contributed by atoms with E-state index in [1.807, 2.05) is 25.1 Å². The number of nitrogens with zero attached hydrogens (tertiary/aromatic N) is 1. The van der Waals surface area contributed by atoms with E-state index in [9.17, 15) is 19.5 Å². The van der Waals surface area contributed by atoms with Crippen LogP contribution in [0.3, 0.4) is 0 Å². The van der Waals surface area contributed by atoms with Gasteiger partial charge in [0.2, 0.25) is 5.78 Å². The molecular formula is C26H23NO6. The molecule has 0 spiro atoms. The zero-order chi connectivity index (χ0) is 23.7. The Labute approximate surface area is 190 Å². The molecule has 7 nitrogen and oxygen atoms in total. The standard InChI is InChI=1S/C26H23NO6/c1-15(2)33-26(31)17-9-11-19(12-10-17)27-22(18-7-4-6-16(3)14-18)21(24(29)25(27)30)23(28)20-8-5-13-32-20/h4-15,22,29H,1-3H3. The number of carbonyl (C=O) groups excluding carboxylic acids is 3. The molecule has 33 heavy (non-hydrogen) atoms. The van der Waals surface area contributed by atoms with Crippen molar-refractivity contribution in [3.05, 3.63) is 101 Å². The SMILES string of the molecule is Cc1cccc(C2C(C(=O)c3ccco3)=C(O)C(=O)N2c2ccc(C(=O)OC(C)C)cc2)c1. The number of Topliss-reactive ketones (excluding diaryl/α,β-unsaturated/α-hetero) is 1. The van der Waals surface area contributed by atoms with Gasteiger partial charge in [-0.25, -0.2) is 4.79 Å². The number of hydrogen-bond acceptors (Lipinski definition) is 6. The van der Waals surface area contributed by atoms with E-state index < -0.39 is 29.5 Å². The minimum Gasteiger partial charge on any atom is -0.503 e. The lowest BCUT2D eigenvalue weighted by atomic mass is 9.94. The van der Waals surface area contributed by atoms with Crippen LogP contribution in [-0.2, 0) is 9.53 Å². The van der Waals surface area contributed by atoms with E-state index in [1.54, 1.807) is 50.2 Å². The molecule has 0 fully saturated rings. The molecule has 168 valence electrons. The van der Waals surface area contributed by atoms with E-state index >= 15 is 0 Å². The van der Waals surface area contributed by atoms with E-state index in [-0.39, 0.29) is 17.4 Å². The molecule has 3 aromatic rings. The Hall–Kier alpha value is -4.13. The molecule has 1 unspecified atom stereocenters. The first-order valence-electron chi connectivity index (χ1n) is 10.5. The Morgan fingerprint density at radius 1 is 1.06 bits per heavy atom. The van der Waals surface area contributed by atoms with E-state index in [2.05, 4.69) is 0 Å². The van der Waals surface area contributed by atoms with Gasteiger partial charge in [-0.2, -0.15) is 0 Å². The molecule has 0 aliphatic carbocycles. The average Bonchev–Trinajstić information content (AvgIpc) is 3.41. The van der Waals surface area contributed by atoms with Crippen LogP contribution in [0.25, 0.3) is 0 Å². The van der Waals surface area contributed by atoms with Crippen molar-refractivity contribution in [1.82, 2.24) is 0 Å². The van der Waals surface area contributed by atoms with Crippen molar-refractivity contribution in [3.8, 4) is 0 Å². The normalized spacial score (nSPS) is 15.9. The largest absolute Gasteiger partial charge is 0.503 e. The van der Waals surface area contributed by atoms with Crippen molar-refractivity contribution >= 4 is 23.3 Å². The summed E-state index contributed by atoms with van der Waals surface area (Å²) in [6, 6.07) is 15.8. The van der Waals surface area contributed by atoms with Crippen LogP contribution < -0.4 is 4.90 Å². The summed E-state index contributed by atoms with van der Waals surface area (Å²) in [6.45, 7) is 5.42. The number of aliphatic hydroxyl groups excluding tert-OH is 1. The smallest absolute Gasteiger partial charge is 0.338 e. The zero-order valence-electron chi connectivity index (χ0n) is 18.4. The summed E-state index contributed by atoms with van der Waals surface area (Å²) >= 11 is 0. The second-order valence-electron chi connectivity index (χ2n) is 8.06. The molecule has 0 saturated heterocycles. The van der Waals surface area contributed by atoms with Crippen molar-refractivity contribution in [2.75, 3.05) is 4.90 Å². The number of rotatable bonds is 6. The first-order chi connectivity index (χ1) is 15.8. The first-order valence-corrected chi connectivity index (χ1v) is 10.5. The lowest BCUT2D eigenvalue weighted by molar-refractivity contribution is -0.117. The van der Waals surface area contributed by atoms with Crippen LogP contribution in [0.15, 0.2) is 82.7 Å². The van der Waals surface area contributed by atoms with Gasteiger partial charge in [-0.3, -0.25) is 14.5 Å². The van der Waals surface area contributed by atoms with Crippen molar-refractivity contribution in [2.24, 2.45) is 0 Å². The molecule has 1 N–H and O–H groups in total. The first kappa shape index (κ1) is 22.1. The number of furan rings is 1. The number of benzene rings is 2. The van der Waals surface area contributed by atoms with Crippen LogP contribution in [0.4, 0.5) is 5.69 Å². The third-order valence-electron chi connectivity index (χ3n) is 5.28. The number of hydrogen-bond donors (Lipinski definition) is 1. The van der Waals surface area contributed by atoms with Gasteiger partial charge < -0.3 is 14.3 Å². The fraction of sp³-hybridized carbons (Fsp3) is 0.192. The van der Waals surface area contributed by atoms with Crippen LogP contribution in [0, 0.1) is 6.92 Å². The highest BCUT2D eigenvalue weighted by Gasteiger charge is 2.45. The molecule has 1 aliphatic rings. The number of ether oxygens (including phenoxy) is 1. The van der Waals surface area contributed by atoms with Gasteiger partial charge in [0.15, 0.2) is 11.5 Å². The summed E-state index contributed by atoms with van der Waals surface area (Å²) in [5.74, 6) is -2.37. The van der Waals surface area contributed by atoms with E-state index in [0.29, 0.717) is 16.8 Å². The summed E-state index contributed by atoms with van der Waals surface area (Å²) in [5.41, 5.74) is 2.27. The van der Waals surface area contributed by atoms with Gasteiger partial charge in [0.25, 0.3) is 5.91 Å². The van der Waals surface area contributed by atoms with Gasteiger partial charge in [-0.05, 0) is 62.7 Å². The minimum atomic E-state index is -0.872. The summed E-state index contributed by atoms with van der Waals surface area (Å²) < 4.78 is 10.4. The molecule has 2 heterocycles. The summed E-state index contributed by atoms with van der Waals surface area (Å²) in [7, 11) is 0. The highest BCUT2D eigenvalue weighted by molar-refractivity contribution is 6.20. The number of esters is 1. The van der Waals surface area contributed by atoms with Crippen LogP contribution >= 0.6 is 0 Å². The fourth-order valence-corrected chi connectivity index (χ4v) is 3.84. The summed E-state index contributed by atoms with van der Waals surface area (Å²) in [5, 5.41) is 10.8. The van der Waals surface area contributed by atoms with Gasteiger partial charge in [0, 0.05) is 5.69 Å². The number of ketones is 1. The van der Waals surface area contributed by atoms with Crippen molar-refractivity contribution < 1.29 is 28.6 Å². The predicted octanol–water partition coefficient (Wildman–Crippen LogP) is 4.94. The monoisotopic (exact) mass is 445 g/mol. The predicted molar refractivity (Wildman–Crippen MR) is 121 cm³/mol. The Morgan fingerprint density at radius 3 is 2.39 bits per heavy atom. The van der Waals surface area contributed by atoms with Crippen molar-refractivity contribution in [1.29, 1.82) is 0 Å². The van der Waals surface area contributed by atoms with Gasteiger partial charge in [0.1, 0.15) is 0 Å². The quantitative estimate of drug-likeness (QED) is 0.427. The van der Waals surface area contributed by atoms with Crippen LogP contribution in [0.1, 0.15) is 51.9 Å². The highest BCUT2D eigenvalue weighted by atomic mass is 16.5. The van der Waals surface area contributed by atoms with Crippen LogP contribution in [-0.4, -0.2) is 28.9 Å². The van der Waals surface area contributed by atoms with Crippen LogP contribution in [0.5, 0.6) is 0 Å². The number of amides is 1. The molecule has 1 atom stereocenters. The highest BCUT2D eigenvalue weighted by Crippen LogP contribution is 2.42. The second-order valence-corrected chi connectivity index (χ2v) is 8.06. The molecule has 4 rings (SSSR count). The molecule has 0 radical (unpaired) electrons. The number of aliphatic hydroxyl groups is 1. The third-order valence-corrected chi connectivity index (χ3v) is 5.28. The van der Waals surface area contributed by atoms with Gasteiger partial charge in [-0.1, -0.05) is 29.8 Å². The molecule has 0 saturated carbocycles. The Balaban J connectivity index is 1.78. The second kappa shape index (κ2) is 8.78. The summed E-state index contributed by atoms with van der Waals surface area (Å²) in [6.07, 6.45) is 1.09. The molecule has 0 bridgehead atoms. The maximum Gasteiger partial charge on any atom is 0.338 e. The maximum absolute atomic E-state index is 13.2. The topological polar surface area (TPSA) is 97.0 Å². The van der Waals surface area contributed by atoms with E-state index in [4.69, 9.17) is 9.15 Å². The molecule has 7 heteroatoms. The Kier molecular flexibility index (Phi) is 5.87. The van der Waals surface area contributed by atoms with Crippen molar-refractivity contribution in [2.45, 2.75) is 32.9 Å². The molecule has 2 aromatic carbocycles. The van der Waals surface area contributed by atoms with E-state index in [1.165, 1.54) is 17.2 Å². The van der Waals surface area contributed by atoms with E-state index in [0.717, 1.165) is 5.56 Å². The lowest BCUT2D eigenvalue weighted by Crippen LogP contribution is -2.31. The number of aryl methyl sites for hydroxylation is 1. The van der Waals surface area contributed by atoms with Crippen LogP contribution in [0.2, 0.25) is 0 Å². The average molecular weight is 445 g/mol. The maximum atomic E-state index is 13.2. The minimum absolute atomic E-state index is 0.0237. The molecule has 1 aliphatic heterocycles. The lowest BCUT2D eigenvalue weighted by Gasteiger charge is -2.27. The molecular weight excluding hydrogens is 422 g/mol. The number of carbonyl (C=O) groups is 3. The summed E-state index contributed by atoms with van der Waals surface area (Å²) in [4.78, 5) is 39.9. The Morgan fingerprint density at radius 2 is 1.79 bits per heavy atom. The zero-order valence-corrected chi connectivity index (χ0v) is 18.4. The van der Waals surface area contributed by atoms with Crippen molar-refractivity contribution in [3.63, 3.8) is 0 Å². The molecule has 1 amide bonds.